The average Bonchev–Trinajstić information content (AvgIpc) is 3.89. The lowest BCUT2D eigenvalue weighted by Gasteiger charge is -2.41. The highest BCUT2D eigenvalue weighted by Gasteiger charge is 2.33. The summed E-state index contributed by atoms with van der Waals surface area (Å²) in [5.41, 5.74) is 2.10. The Labute approximate surface area is 268 Å². The zero-order valence-electron chi connectivity index (χ0n) is 25.7. The second kappa shape index (κ2) is 14.3. The van der Waals surface area contributed by atoms with Crippen LogP contribution in [0.3, 0.4) is 0 Å². The highest BCUT2D eigenvalue weighted by Crippen LogP contribution is 2.36. The number of hydrogen-bond donors (Lipinski definition) is 1. The summed E-state index contributed by atoms with van der Waals surface area (Å²) in [5.74, 6) is 0.266. The summed E-state index contributed by atoms with van der Waals surface area (Å²) in [5, 5.41) is 12.3. The number of nitrogens with zero attached hydrogens (tertiary/aromatic N) is 2. The fraction of sp³-hybridized carbons (Fsp3) is 0.429. The minimum absolute atomic E-state index is 0.00531. The molecule has 2 aliphatic rings. The SMILES string of the molecule is CCS(=O)(=O)c1ccc([C@@H](CC#N)NC(=O)c2ccc(N3C[C@@H](c4ccc(C(F)(F)F)cc4)CC[C@H]3COCC3CC3)cc2)cc1. The predicted molar refractivity (Wildman–Crippen MR) is 169 cm³/mol. The lowest BCUT2D eigenvalue weighted by atomic mass is 9.86. The van der Waals surface area contributed by atoms with Gasteiger partial charge < -0.3 is 15.0 Å². The molecule has 46 heavy (non-hydrogen) atoms. The summed E-state index contributed by atoms with van der Waals surface area (Å²) in [6.45, 7) is 3.45. The van der Waals surface area contributed by atoms with Gasteiger partial charge in [-0.25, -0.2) is 8.42 Å². The molecule has 2 fully saturated rings. The number of nitrogens with one attached hydrogen (secondary N) is 1. The molecule has 5 rings (SSSR count). The van der Waals surface area contributed by atoms with Crippen molar-refractivity contribution in [1.82, 2.24) is 5.32 Å². The van der Waals surface area contributed by atoms with E-state index in [9.17, 15) is 31.6 Å². The molecule has 3 aromatic rings. The van der Waals surface area contributed by atoms with Crippen molar-refractivity contribution in [2.24, 2.45) is 5.92 Å². The van der Waals surface area contributed by atoms with Crippen molar-refractivity contribution in [3.8, 4) is 6.07 Å². The normalized spacial score (nSPS) is 19.3. The molecule has 1 saturated heterocycles. The highest BCUT2D eigenvalue weighted by atomic mass is 32.2. The van der Waals surface area contributed by atoms with E-state index in [4.69, 9.17) is 4.74 Å². The van der Waals surface area contributed by atoms with Gasteiger partial charge in [-0.3, -0.25) is 4.79 Å². The Hall–Kier alpha value is -3.88. The van der Waals surface area contributed by atoms with Crippen LogP contribution in [0, 0.1) is 17.2 Å². The van der Waals surface area contributed by atoms with E-state index in [2.05, 4.69) is 16.3 Å². The second-order valence-electron chi connectivity index (χ2n) is 12.1. The third-order valence-corrected chi connectivity index (χ3v) is 10.6. The maximum Gasteiger partial charge on any atom is 0.416 e. The first-order valence-corrected chi connectivity index (χ1v) is 17.3. The monoisotopic (exact) mass is 653 g/mol. The molecule has 11 heteroatoms. The topological polar surface area (TPSA) is 99.5 Å². The molecule has 1 heterocycles. The van der Waals surface area contributed by atoms with Gasteiger partial charge in [-0.15, -0.1) is 0 Å². The zero-order chi connectivity index (χ0) is 32.9. The number of anilines is 1. The quantitative estimate of drug-likeness (QED) is 0.225. The van der Waals surface area contributed by atoms with Crippen LogP contribution in [0.2, 0.25) is 0 Å². The van der Waals surface area contributed by atoms with Gasteiger partial charge in [0.1, 0.15) is 0 Å². The second-order valence-corrected chi connectivity index (χ2v) is 14.4. The van der Waals surface area contributed by atoms with Crippen LogP contribution in [0.4, 0.5) is 18.9 Å². The molecule has 1 amide bonds. The number of carbonyl (C=O) groups is 1. The standard InChI is InChI=1S/C35H38F3N3O4S/c1-2-46(43,44)32-17-10-26(11-18-32)33(19-20-39)40-34(42)27-7-14-30(15-8-27)41-21-28(9-16-31(41)23-45-22-24-3-4-24)25-5-12-29(13-6-25)35(36,37)38/h5-8,10-15,17-18,24,28,31,33H,2-4,9,16,19,21-23H2,1H3,(H,40,42)/t28-,31-,33+/m0/s1. The number of rotatable bonds is 12. The van der Waals surface area contributed by atoms with Crippen LogP contribution in [-0.2, 0) is 20.8 Å². The van der Waals surface area contributed by atoms with Gasteiger partial charge in [-0.05, 0) is 91.3 Å². The van der Waals surface area contributed by atoms with Crippen molar-refractivity contribution in [2.45, 2.75) is 68.1 Å². The third-order valence-electron chi connectivity index (χ3n) is 8.86. The van der Waals surface area contributed by atoms with Crippen LogP contribution in [-0.4, -0.2) is 45.9 Å². The number of piperidine rings is 1. The molecule has 1 N–H and O–H groups in total. The van der Waals surface area contributed by atoms with E-state index in [1.165, 1.54) is 25.0 Å². The molecule has 1 aliphatic carbocycles. The van der Waals surface area contributed by atoms with Crippen molar-refractivity contribution in [2.75, 3.05) is 30.4 Å². The van der Waals surface area contributed by atoms with E-state index in [0.717, 1.165) is 42.8 Å². The van der Waals surface area contributed by atoms with Gasteiger partial charge >= 0.3 is 6.18 Å². The van der Waals surface area contributed by atoms with Gasteiger partial charge in [0, 0.05) is 30.3 Å². The number of amides is 1. The van der Waals surface area contributed by atoms with Crippen LogP contribution in [0.1, 0.15) is 78.0 Å². The molecule has 0 unspecified atom stereocenters. The summed E-state index contributed by atoms with van der Waals surface area (Å²) in [4.78, 5) is 15.7. The number of benzene rings is 3. The first kappa shape index (κ1) is 33.5. The van der Waals surface area contributed by atoms with Gasteiger partial charge in [-0.1, -0.05) is 31.2 Å². The van der Waals surface area contributed by atoms with E-state index >= 15 is 0 Å². The Morgan fingerprint density at radius 2 is 1.65 bits per heavy atom. The molecular formula is C35H38F3N3O4S. The van der Waals surface area contributed by atoms with Crippen molar-refractivity contribution < 1.29 is 31.1 Å². The lowest BCUT2D eigenvalue weighted by molar-refractivity contribution is -0.137. The van der Waals surface area contributed by atoms with E-state index in [1.54, 1.807) is 43.3 Å². The Bertz CT molecular complexity index is 1630. The summed E-state index contributed by atoms with van der Waals surface area (Å²) < 4.78 is 69.8. The van der Waals surface area contributed by atoms with Gasteiger partial charge in [0.25, 0.3) is 5.91 Å². The molecule has 3 aromatic carbocycles. The largest absolute Gasteiger partial charge is 0.416 e. The highest BCUT2D eigenvalue weighted by molar-refractivity contribution is 7.91. The van der Waals surface area contributed by atoms with Crippen molar-refractivity contribution in [3.63, 3.8) is 0 Å². The number of nitriles is 1. The molecule has 1 aliphatic heterocycles. The molecule has 0 spiro atoms. The van der Waals surface area contributed by atoms with Crippen molar-refractivity contribution >= 4 is 21.4 Å². The molecule has 7 nitrogen and oxygen atoms in total. The van der Waals surface area contributed by atoms with E-state index < -0.39 is 27.6 Å². The van der Waals surface area contributed by atoms with Crippen molar-refractivity contribution in [3.05, 3.63) is 95.1 Å². The molecule has 0 aromatic heterocycles. The molecular weight excluding hydrogens is 615 g/mol. The third kappa shape index (κ3) is 8.28. The smallest absolute Gasteiger partial charge is 0.379 e. The molecule has 244 valence electrons. The minimum atomic E-state index is -4.38. The zero-order valence-corrected chi connectivity index (χ0v) is 26.5. The van der Waals surface area contributed by atoms with E-state index in [-0.39, 0.29) is 34.9 Å². The van der Waals surface area contributed by atoms with Crippen LogP contribution in [0.15, 0.2) is 77.7 Å². The van der Waals surface area contributed by atoms with E-state index in [1.807, 2.05) is 12.1 Å². The fourth-order valence-corrected chi connectivity index (χ4v) is 6.74. The Kier molecular flexibility index (Phi) is 10.4. The fourth-order valence-electron chi connectivity index (χ4n) is 5.85. The number of sulfone groups is 1. The van der Waals surface area contributed by atoms with E-state index in [0.29, 0.717) is 30.2 Å². The summed E-state index contributed by atoms with van der Waals surface area (Å²) in [6, 6.07) is 20.3. The number of hydrogen-bond acceptors (Lipinski definition) is 6. The van der Waals surface area contributed by atoms with Gasteiger partial charge in [0.15, 0.2) is 9.84 Å². The summed E-state index contributed by atoms with van der Waals surface area (Å²) >= 11 is 0. The minimum Gasteiger partial charge on any atom is -0.379 e. The number of alkyl halides is 3. The van der Waals surface area contributed by atoms with Crippen molar-refractivity contribution in [1.29, 1.82) is 5.26 Å². The maximum absolute atomic E-state index is 13.2. The predicted octanol–water partition coefficient (Wildman–Crippen LogP) is 7.06. The van der Waals surface area contributed by atoms with Crippen LogP contribution < -0.4 is 10.2 Å². The Morgan fingerprint density at radius 1 is 0.978 bits per heavy atom. The van der Waals surface area contributed by atoms with Crippen LogP contribution in [0.5, 0.6) is 0 Å². The number of halogens is 3. The average molecular weight is 654 g/mol. The maximum atomic E-state index is 13.2. The van der Waals surface area contributed by atoms with Crippen LogP contribution >= 0.6 is 0 Å². The number of ether oxygens (including phenoxy) is 1. The van der Waals surface area contributed by atoms with Gasteiger partial charge in [-0.2, -0.15) is 18.4 Å². The first-order chi connectivity index (χ1) is 22.0. The molecule has 3 atom stereocenters. The van der Waals surface area contributed by atoms with Gasteiger partial charge in [0.2, 0.25) is 0 Å². The summed E-state index contributed by atoms with van der Waals surface area (Å²) in [7, 11) is -3.37. The Balaban J connectivity index is 1.30. The molecule has 1 saturated carbocycles. The Morgan fingerprint density at radius 3 is 2.24 bits per heavy atom. The number of carbonyl (C=O) groups excluding carboxylic acids is 1. The lowest BCUT2D eigenvalue weighted by Crippen LogP contribution is -2.45. The molecule has 0 radical (unpaired) electrons. The van der Waals surface area contributed by atoms with Gasteiger partial charge in [0.05, 0.1) is 47.4 Å². The van der Waals surface area contributed by atoms with Crippen LogP contribution in [0.25, 0.3) is 0 Å². The summed E-state index contributed by atoms with van der Waals surface area (Å²) in [6.07, 6.45) is -0.361. The first-order valence-electron chi connectivity index (χ1n) is 15.6. The molecule has 0 bridgehead atoms.